The number of rotatable bonds is 7. The fourth-order valence-electron chi connectivity index (χ4n) is 1.53. The van der Waals surface area contributed by atoms with E-state index in [2.05, 4.69) is 21.2 Å². The second kappa shape index (κ2) is 8.24. The highest BCUT2D eigenvalue weighted by atomic mass is 79.9. The second-order valence-corrected chi connectivity index (χ2v) is 5.26. The van der Waals surface area contributed by atoms with E-state index in [1.807, 2.05) is 13.0 Å². The van der Waals surface area contributed by atoms with Gasteiger partial charge in [0.15, 0.2) is 0 Å². The Kier molecular flexibility index (Phi) is 6.97. The van der Waals surface area contributed by atoms with Crippen molar-refractivity contribution in [3.05, 3.63) is 28.2 Å². The summed E-state index contributed by atoms with van der Waals surface area (Å²) in [7, 11) is 0. The van der Waals surface area contributed by atoms with E-state index < -0.39 is 0 Å². The van der Waals surface area contributed by atoms with Gasteiger partial charge in [0.2, 0.25) is 5.91 Å². The average Bonchev–Trinajstić information content (AvgIpc) is 2.34. The van der Waals surface area contributed by atoms with Gasteiger partial charge in [0.1, 0.15) is 4.99 Å². The molecule has 0 aliphatic heterocycles. The molecule has 0 radical (unpaired) electrons. The monoisotopic (exact) mass is 344 g/mol. The van der Waals surface area contributed by atoms with E-state index in [4.69, 9.17) is 22.7 Å². The summed E-state index contributed by atoms with van der Waals surface area (Å²) in [5.74, 6) is -0.0738. The lowest BCUT2D eigenvalue weighted by Crippen LogP contribution is -2.17. The SMILES string of the molecule is CCOCCCC(=O)Nc1cc(Br)ccc1C(N)=S. The molecule has 0 unspecified atom stereocenters. The molecule has 0 saturated heterocycles. The van der Waals surface area contributed by atoms with Gasteiger partial charge in [0.25, 0.3) is 0 Å². The molecule has 3 N–H and O–H groups in total. The van der Waals surface area contributed by atoms with Gasteiger partial charge in [-0.25, -0.2) is 0 Å². The molecule has 0 spiro atoms. The van der Waals surface area contributed by atoms with Crippen molar-refractivity contribution >= 4 is 44.7 Å². The summed E-state index contributed by atoms with van der Waals surface area (Å²) in [6.07, 6.45) is 1.10. The van der Waals surface area contributed by atoms with E-state index in [1.165, 1.54) is 0 Å². The molecular formula is C13H17BrN2O2S. The Labute approximate surface area is 126 Å². The van der Waals surface area contributed by atoms with Crippen LogP contribution in [0.15, 0.2) is 22.7 Å². The molecule has 0 bridgehead atoms. The Morgan fingerprint density at radius 1 is 1.53 bits per heavy atom. The molecular weight excluding hydrogens is 328 g/mol. The normalized spacial score (nSPS) is 10.2. The van der Waals surface area contributed by atoms with Gasteiger partial charge in [-0.2, -0.15) is 0 Å². The Morgan fingerprint density at radius 2 is 2.26 bits per heavy atom. The third kappa shape index (κ3) is 5.67. The first-order chi connectivity index (χ1) is 9.04. The number of benzene rings is 1. The van der Waals surface area contributed by atoms with Crippen LogP contribution in [-0.4, -0.2) is 24.1 Å². The minimum Gasteiger partial charge on any atom is -0.389 e. The highest BCUT2D eigenvalue weighted by Crippen LogP contribution is 2.21. The van der Waals surface area contributed by atoms with Crippen LogP contribution in [0.3, 0.4) is 0 Å². The van der Waals surface area contributed by atoms with E-state index >= 15 is 0 Å². The molecule has 1 aromatic rings. The average molecular weight is 345 g/mol. The molecule has 4 nitrogen and oxygen atoms in total. The number of nitrogens with two attached hydrogens (primary N) is 1. The van der Waals surface area contributed by atoms with Crippen LogP contribution in [0, 0.1) is 0 Å². The summed E-state index contributed by atoms with van der Waals surface area (Å²) in [6, 6.07) is 5.40. The zero-order chi connectivity index (χ0) is 14.3. The van der Waals surface area contributed by atoms with Crippen LogP contribution in [0.25, 0.3) is 0 Å². The van der Waals surface area contributed by atoms with Crippen LogP contribution >= 0.6 is 28.1 Å². The topological polar surface area (TPSA) is 64.3 Å². The van der Waals surface area contributed by atoms with E-state index in [0.717, 1.165) is 4.47 Å². The van der Waals surface area contributed by atoms with Crippen molar-refractivity contribution < 1.29 is 9.53 Å². The lowest BCUT2D eigenvalue weighted by Gasteiger charge is -2.10. The van der Waals surface area contributed by atoms with Crippen LogP contribution < -0.4 is 11.1 Å². The maximum absolute atomic E-state index is 11.8. The number of nitrogens with one attached hydrogen (secondary N) is 1. The smallest absolute Gasteiger partial charge is 0.224 e. The number of ether oxygens (including phenoxy) is 1. The molecule has 0 heterocycles. The van der Waals surface area contributed by atoms with E-state index in [9.17, 15) is 4.79 Å². The van der Waals surface area contributed by atoms with Gasteiger partial charge in [-0.3, -0.25) is 4.79 Å². The van der Waals surface area contributed by atoms with Gasteiger partial charge in [-0.15, -0.1) is 0 Å². The second-order valence-electron chi connectivity index (χ2n) is 3.90. The Hall–Kier alpha value is -0.980. The van der Waals surface area contributed by atoms with Crippen molar-refractivity contribution in [3.63, 3.8) is 0 Å². The Morgan fingerprint density at radius 3 is 2.89 bits per heavy atom. The van der Waals surface area contributed by atoms with Crippen LogP contribution in [0.1, 0.15) is 25.3 Å². The number of amides is 1. The van der Waals surface area contributed by atoms with Crippen molar-refractivity contribution in [2.75, 3.05) is 18.5 Å². The van der Waals surface area contributed by atoms with Crippen LogP contribution in [-0.2, 0) is 9.53 Å². The number of carbonyl (C=O) groups excluding carboxylic acids is 1. The van der Waals surface area contributed by atoms with E-state index in [1.54, 1.807) is 12.1 Å². The molecule has 104 valence electrons. The fourth-order valence-corrected chi connectivity index (χ4v) is 2.07. The van der Waals surface area contributed by atoms with Crippen LogP contribution in [0.4, 0.5) is 5.69 Å². The van der Waals surface area contributed by atoms with Crippen molar-refractivity contribution in [2.24, 2.45) is 5.73 Å². The number of halogens is 1. The predicted octanol–water partition coefficient (Wildman–Crippen LogP) is 2.84. The Bertz CT molecular complexity index is 466. The van der Waals surface area contributed by atoms with Crippen LogP contribution in [0.5, 0.6) is 0 Å². The van der Waals surface area contributed by atoms with Crippen molar-refractivity contribution in [1.82, 2.24) is 0 Å². The zero-order valence-electron chi connectivity index (χ0n) is 10.7. The summed E-state index contributed by atoms with van der Waals surface area (Å²) in [6.45, 7) is 3.18. The molecule has 19 heavy (non-hydrogen) atoms. The molecule has 0 atom stereocenters. The largest absolute Gasteiger partial charge is 0.389 e. The molecule has 0 fully saturated rings. The summed E-state index contributed by atoms with van der Waals surface area (Å²) in [4.78, 5) is 12.1. The summed E-state index contributed by atoms with van der Waals surface area (Å²) >= 11 is 8.31. The van der Waals surface area contributed by atoms with Gasteiger partial charge in [-0.05, 0) is 31.5 Å². The first-order valence-corrected chi connectivity index (χ1v) is 7.21. The van der Waals surface area contributed by atoms with Crippen molar-refractivity contribution in [3.8, 4) is 0 Å². The van der Waals surface area contributed by atoms with Crippen molar-refractivity contribution in [2.45, 2.75) is 19.8 Å². The van der Waals surface area contributed by atoms with E-state index in [0.29, 0.717) is 37.3 Å². The van der Waals surface area contributed by atoms with Gasteiger partial charge < -0.3 is 15.8 Å². The number of thiocarbonyl (C=S) groups is 1. The molecule has 1 aromatic carbocycles. The quantitative estimate of drug-likeness (QED) is 0.589. The predicted molar refractivity (Wildman–Crippen MR) is 84.4 cm³/mol. The number of hydrogen-bond donors (Lipinski definition) is 2. The first-order valence-electron chi connectivity index (χ1n) is 6.01. The summed E-state index contributed by atoms with van der Waals surface area (Å²) in [5.41, 5.74) is 6.92. The molecule has 6 heteroatoms. The fraction of sp³-hybridized carbons (Fsp3) is 0.385. The maximum atomic E-state index is 11.8. The Balaban J connectivity index is 2.62. The van der Waals surface area contributed by atoms with Crippen LogP contribution in [0.2, 0.25) is 0 Å². The lowest BCUT2D eigenvalue weighted by atomic mass is 10.1. The molecule has 0 saturated carbocycles. The molecule has 0 aromatic heterocycles. The molecule has 0 aliphatic carbocycles. The number of anilines is 1. The maximum Gasteiger partial charge on any atom is 0.224 e. The molecule has 1 rings (SSSR count). The highest BCUT2D eigenvalue weighted by molar-refractivity contribution is 9.10. The lowest BCUT2D eigenvalue weighted by molar-refractivity contribution is -0.116. The van der Waals surface area contributed by atoms with Gasteiger partial charge >= 0.3 is 0 Å². The molecule has 1 amide bonds. The van der Waals surface area contributed by atoms with Gasteiger partial charge in [0.05, 0.1) is 5.69 Å². The minimum absolute atomic E-state index is 0.0738. The third-order valence-electron chi connectivity index (χ3n) is 2.42. The standard InChI is InChI=1S/C13H17BrN2O2S/c1-2-18-7-3-4-12(17)16-11-8-9(14)5-6-10(11)13(15)19/h5-6,8H,2-4,7H2,1H3,(H2,15,19)(H,16,17). The highest BCUT2D eigenvalue weighted by Gasteiger charge is 2.09. The minimum atomic E-state index is -0.0738. The van der Waals surface area contributed by atoms with Gasteiger partial charge in [-0.1, -0.05) is 28.1 Å². The molecule has 0 aliphatic rings. The first kappa shape index (κ1) is 16.1. The van der Waals surface area contributed by atoms with Gasteiger partial charge in [0, 0.05) is 29.7 Å². The summed E-state index contributed by atoms with van der Waals surface area (Å²) < 4.78 is 6.05. The number of hydrogen-bond acceptors (Lipinski definition) is 3. The zero-order valence-corrected chi connectivity index (χ0v) is 13.1. The van der Waals surface area contributed by atoms with E-state index in [-0.39, 0.29) is 10.9 Å². The third-order valence-corrected chi connectivity index (χ3v) is 3.13. The van der Waals surface area contributed by atoms with Crippen molar-refractivity contribution in [1.29, 1.82) is 0 Å². The summed E-state index contributed by atoms with van der Waals surface area (Å²) in [5, 5.41) is 2.82. The number of carbonyl (C=O) groups is 1.